The molecule has 0 atom stereocenters. The van der Waals surface area contributed by atoms with Gasteiger partial charge in [-0.1, -0.05) is 32.0 Å². The summed E-state index contributed by atoms with van der Waals surface area (Å²) in [5.41, 5.74) is 1.28. The highest BCUT2D eigenvalue weighted by Gasteiger charge is 2.10. The van der Waals surface area contributed by atoms with E-state index in [0.29, 0.717) is 18.9 Å². The normalized spacial score (nSPS) is 10.8. The van der Waals surface area contributed by atoms with Crippen molar-refractivity contribution in [3.8, 4) is 5.75 Å². The van der Waals surface area contributed by atoms with Crippen LogP contribution in [0.15, 0.2) is 29.6 Å². The van der Waals surface area contributed by atoms with Crippen LogP contribution < -0.4 is 4.74 Å². The molecule has 1 heterocycles. The third-order valence-electron chi connectivity index (χ3n) is 2.89. The molecule has 2 aromatic rings. The minimum Gasteiger partial charge on any atom is -0.493 e. The van der Waals surface area contributed by atoms with Gasteiger partial charge >= 0.3 is 5.97 Å². The van der Waals surface area contributed by atoms with Crippen LogP contribution in [-0.4, -0.2) is 22.7 Å². The number of benzene rings is 1. The van der Waals surface area contributed by atoms with Crippen LogP contribution in [0, 0.1) is 0 Å². The third kappa shape index (κ3) is 3.57. The summed E-state index contributed by atoms with van der Waals surface area (Å²) in [6.07, 6.45) is 0.615. The van der Waals surface area contributed by atoms with Crippen molar-refractivity contribution in [2.75, 3.05) is 6.61 Å². The van der Waals surface area contributed by atoms with Crippen LogP contribution in [0.3, 0.4) is 0 Å². The molecule has 5 heteroatoms. The number of carbonyl (C=O) groups is 1. The number of carboxylic acids is 1. The minimum absolute atomic E-state index is 0.104. The molecule has 0 aliphatic rings. The Labute approximate surface area is 122 Å². The summed E-state index contributed by atoms with van der Waals surface area (Å²) < 4.78 is 5.79. The fraction of sp³-hybridized carbons (Fsp3) is 0.333. The molecular weight excluding hydrogens is 274 g/mol. The summed E-state index contributed by atoms with van der Waals surface area (Å²) in [7, 11) is 0. The first kappa shape index (κ1) is 14.5. The second-order valence-corrected chi connectivity index (χ2v) is 5.67. The van der Waals surface area contributed by atoms with E-state index in [1.54, 1.807) is 5.38 Å². The molecule has 0 aliphatic carbocycles. The van der Waals surface area contributed by atoms with E-state index in [-0.39, 0.29) is 5.69 Å². The molecule has 0 radical (unpaired) electrons. The minimum atomic E-state index is -0.987. The zero-order valence-corrected chi connectivity index (χ0v) is 12.3. The van der Waals surface area contributed by atoms with Crippen molar-refractivity contribution < 1.29 is 14.6 Å². The van der Waals surface area contributed by atoms with Gasteiger partial charge in [-0.05, 0) is 17.5 Å². The number of para-hydroxylation sites is 1. The summed E-state index contributed by atoms with van der Waals surface area (Å²) in [5.74, 6) is 0.306. The molecule has 0 fully saturated rings. The molecule has 0 bridgehead atoms. The molecule has 1 aromatic carbocycles. The fourth-order valence-electron chi connectivity index (χ4n) is 1.86. The summed E-state index contributed by atoms with van der Waals surface area (Å²) in [5, 5.41) is 11.1. The van der Waals surface area contributed by atoms with Gasteiger partial charge in [-0.2, -0.15) is 0 Å². The molecule has 20 heavy (non-hydrogen) atoms. The van der Waals surface area contributed by atoms with Crippen molar-refractivity contribution in [1.82, 2.24) is 4.98 Å². The number of aromatic carboxylic acids is 1. The predicted octanol–water partition coefficient (Wildman–Crippen LogP) is 3.59. The lowest BCUT2D eigenvalue weighted by Gasteiger charge is -2.13. The Morgan fingerprint density at radius 3 is 2.80 bits per heavy atom. The smallest absolute Gasteiger partial charge is 0.355 e. The first-order valence-corrected chi connectivity index (χ1v) is 7.35. The van der Waals surface area contributed by atoms with E-state index in [9.17, 15) is 4.79 Å². The highest BCUT2D eigenvalue weighted by Crippen LogP contribution is 2.26. The van der Waals surface area contributed by atoms with Gasteiger partial charge in [0.1, 0.15) is 5.75 Å². The number of hydrogen-bond donors (Lipinski definition) is 1. The van der Waals surface area contributed by atoms with Gasteiger partial charge in [-0.3, -0.25) is 0 Å². The Kier molecular flexibility index (Phi) is 4.74. The molecule has 1 N–H and O–H groups in total. The van der Waals surface area contributed by atoms with Gasteiger partial charge in [0.2, 0.25) is 0 Å². The average Bonchev–Trinajstić information content (AvgIpc) is 2.88. The number of nitrogens with zero attached hydrogens (tertiary/aromatic N) is 1. The van der Waals surface area contributed by atoms with E-state index >= 15 is 0 Å². The highest BCUT2D eigenvalue weighted by atomic mass is 32.1. The molecule has 0 spiro atoms. The lowest BCUT2D eigenvalue weighted by atomic mass is 10.0. The van der Waals surface area contributed by atoms with Crippen molar-refractivity contribution in [2.24, 2.45) is 0 Å². The number of ether oxygens (including phenoxy) is 1. The lowest BCUT2D eigenvalue weighted by molar-refractivity contribution is 0.0691. The van der Waals surface area contributed by atoms with Crippen molar-refractivity contribution in [3.63, 3.8) is 0 Å². The molecule has 0 aliphatic heterocycles. The van der Waals surface area contributed by atoms with E-state index in [0.717, 1.165) is 10.8 Å². The monoisotopic (exact) mass is 291 g/mol. The van der Waals surface area contributed by atoms with E-state index < -0.39 is 5.97 Å². The molecule has 0 saturated heterocycles. The van der Waals surface area contributed by atoms with Gasteiger partial charge in [0, 0.05) is 11.8 Å². The predicted molar refractivity (Wildman–Crippen MR) is 78.8 cm³/mol. The molecule has 1 aromatic heterocycles. The first-order chi connectivity index (χ1) is 9.58. The van der Waals surface area contributed by atoms with E-state index in [4.69, 9.17) is 9.84 Å². The lowest BCUT2D eigenvalue weighted by Crippen LogP contribution is -2.04. The summed E-state index contributed by atoms with van der Waals surface area (Å²) >= 11 is 1.35. The van der Waals surface area contributed by atoms with E-state index in [1.165, 1.54) is 16.9 Å². The van der Waals surface area contributed by atoms with Gasteiger partial charge in [0.05, 0.1) is 11.6 Å². The number of aromatic nitrogens is 1. The van der Waals surface area contributed by atoms with Crippen molar-refractivity contribution in [2.45, 2.75) is 26.2 Å². The Bertz CT molecular complexity index is 592. The Morgan fingerprint density at radius 2 is 2.15 bits per heavy atom. The maximum Gasteiger partial charge on any atom is 0.355 e. The Morgan fingerprint density at radius 1 is 1.40 bits per heavy atom. The van der Waals surface area contributed by atoms with Crippen LogP contribution >= 0.6 is 11.3 Å². The van der Waals surface area contributed by atoms with Gasteiger partial charge in [0.25, 0.3) is 0 Å². The van der Waals surface area contributed by atoms with Crippen LogP contribution in [-0.2, 0) is 6.42 Å². The van der Waals surface area contributed by atoms with Crippen molar-refractivity contribution in [1.29, 1.82) is 0 Å². The topological polar surface area (TPSA) is 59.4 Å². The van der Waals surface area contributed by atoms with E-state index in [2.05, 4.69) is 24.9 Å². The molecule has 106 valence electrons. The summed E-state index contributed by atoms with van der Waals surface area (Å²) in [4.78, 5) is 14.8. The molecular formula is C15H17NO3S. The molecule has 0 saturated carbocycles. The second-order valence-electron chi connectivity index (χ2n) is 4.72. The molecule has 4 nitrogen and oxygen atoms in total. The highest BCUT2D eigenvalue weighted by molar-refractivity contribution is 7.09. The van der Waals surface area contributed by atoms with Gasteiger partial charge in [0.15, 0.2) is 5.69 Å². The maximum atomic E-state index is 10.7. The number of carboxylic acid groups (broad SMARTS) is 1. The molecule has 0 amide bonds. The fourth-order valence-corrected chi connectivity index (χ4v) is 2.61. The quantitative estimate of drug-likeness (QED) is 0.883. The largest absolute Gasteiger partial charge is 0.493 e. The van der Waals surface area contributed by atoms with Gasteiger partial charge < -0.3 is 9.84 Å². The maximum absolute atomic E-state index is 10.7. The van der Waals surface area contributed by atoms with Crippen LogP contribution in [0.2, 0.25) is 0 Å². The number of rotatable bonds is 6. The number of thiazole rings is 1. The zero-order valence-electron chi connectivity index (χ0n) is 11.5. The van der Waals surface area contributed by atoms with Gasteiger partial charge in [-0.25, -0.2) is 9.78 Å². The van der Waals surface area contributed by atoms with Gasteiger partial charge in [-0.15, -0.1) is 11.3 Å². The van der Waals surface area contributed by atoms with Crippen molar-refractivity contribution >= 4 is 17.3 Å². The third-order valence-corrected chi connectivity index (χ3v) is 3.79. The zero-order chi connectivity index (χ0) is 14.5. The van der Waals surface area contributed by atoms with Crippen LogP contribution in [0.4, 0.5) is 0 Å². The molecule has 2 rings (SSSR count). The van der Waals surface area contributed by atoms with Crippen LogP contribution in [0.5, 0.6) is 5.75 Å². The van der Waals surface area contributed by atoms with E-state index in [1.807, 2.05) is 18.2 Å². The van der Waals surface area contributed by atoms with Crippen LogP contribution in [0.1, 0.15) is 40.8 Å². The second kappa shape index (κ2) is 6.52. The Hall–Kier alpha value is -1.88. The first-order valence-electron chi connectivity index (χ1n) is 6.47. The standard InChI is InChI=1S/C15H17NO3S/c1-10(2)11-5-3-4-6-13(11)19-8-7-14-16-12(9-20-14)15(17)18/h3-6,9-10H,7-8H2,1-2H3,(H,17,18). The Balaban J connectivity index is 1.94. The average molecular weight is 291 g/mol. The number of hydrogen-bond acceptors (Lipinski definition) is 4. The summed E-state index contributed by atoms with van der Waals surface area (Å²) in [6, 6.07) is 7.97. The SMILES string of the molecule is CC(C)c1ccccc1OCCc1nc(C(=O)O)cs1. The van der Waals surface area contributed by atoms with Crippen LogP contribution in [0.25, 0.3) is 0 Å². The molecule has 0 unspecified atom stereocenters. The summed E-state index contributed by atoms with van der Waals surface area (Å²) in [6.45, 7) is 4.75. The van der Waals surface area contributed by atoms with Crippen molar-refractivity contribution in [3.05, 3.63) is 45.9 Å².